The summed E-state index contributed by atoms with van der Waals surface area (Å²) in [7, 11) is 1.90. The fourth-order valence-corrected chi connectivity index (χ4v) is 2.45. The van der Waals surface area contributed by atoms with E-state index in [9.17, 15) is 5.11 Å². The Labute approximate surface area is 110 Å². The lowest BCUT2D eigenvalue weighted by Gasteiger charge is -2.06. The van der Waals surface area contributed by atoms with E-state index in [4.69, 9.17) is 11.6 Å². The molecule has 2 aromatic carbocycles. The molecule has 92 valence electrons. The molecule has 1 heterocycles. The maximum atomic E-state index is 9.87. The second kappa shape index (κ2) is 4.26. The molecule has 0 saturated carbocycles. The Kier molecular flexibility index (Phi) is 2.73. The van der Waals surface area contributed by atoms with Gasteiger partial charge >= 0.3 is 0 Å². The zero-order valence-corrected chi connectivity index (χ0v) is 10.7. The van der Waals surface area contributed by atoms with Crippen LogP contribution in [0.1, 0.15) is 11.9 Å². The molecule has 3 aromatic rings. The number of nitrogens with zero attached hydrogens (tertiary/aromatic N) is 2. The Hall–Kier alpha value is -1.58. The molecular weight excluding hydrogens is 248 g/mol. The van der Waals surface area contributed by atoms with Gasteiger partial charge in [0.1, 0.15) is 11.9 Å². The molecule has 0 aliphatic rings. The van der Waals surface area contributed by atoms with Crippen molar-refractivity contribution in [2.24, 2.45) is 7.05 Å². The number of imidazole rings is 1. The van der Waals surface area contributed by atoms with Crippen LogP contribution in [0.15, 0.2) is 36.4 Å². The van der Waals surface area contributed by atoms with E-state index in [1.54, 1.807) is 0 Å². The highest BCUT2D eigenvalue weighted by Gasteiger charge is 2.16. The Morgan fingerprint density at radius 2 is 2.06 bits per heavy atom. The normalized spacial score (nSPS) is 13.3. The van der Waals surface area contributed by atoms with E-state index in [2.05, 4.69) is 17.1 Å². The Balaban J connectivity index is 2.38. The van der Waals surface area contributed by atoms with E-state index in [0.717, 1.165) is 21.8 Å². The molecule has 3 nitrogen and oxygen atoms in total. The molecule has 0 saturated heterocycles. The number of fused-ring (bicyclic) bond motifs is 3. The van der Waals surface area contributed by atoms with Gasteiger partial charge in [-0.2, -0.15) is 0 Å². The number of aromatic nitrogens is 2. The molecule has 18 heavy (non-hydrogen) atoms. The highest BCUT2D eigenvalue weighted by Crippen LogP contribution is 2.27. The zero-order chi connectivity index (χ0) is 12.7. The van der Waals surface area contributed by atoms with Crippen LogP contribution < -0.4 is 0 Å². The van der Waals surface area contributed by atoms with Crippen LogP contribution >= 0.6 is 11.6 Å². The third kappa shape index (κ3) is 1.59. The van der Waals surface area contributed by atoms with Crippen LogP contribution in [-0.2, 0) is 7.05 Å². The van der Waals surface area contributed by atoms with Gasteiger partial charge in [-0.05, 0) is 11.5 Å². The number of alkyl halides is 1. The molecule has 3 rings (SSSR count). The third-order valence-corrected chi connectivity index (χ3v) is 3.55. The van der Waals surface area contributed by atoms with Crippen molar-refractivity contribution in [2.45, 2.75) is 6.10 Å². The summed E-state index contributed by atoms with van der Waals surface area (Å²) in [5.41, 5.74) is 1.92. The first-order valence-electron chi connectivity index (χ1n) is 5.80. The molecule has 0 aliphatic heterocycles. The van der Waals surface area contributed by atoms with Gasteiger partial charge in [0.15, 0.2) is 0 Å². The quantitative estimate of drug-likeness (QED) is 0.720. The average molecular weight is 261 g/mol. The molecule has 0 unspecified atom stereocenters. The van der Waals surface area contributed by atoms with Crippen molar-refractivity contribution in [1.82, 2.24) is 9.55 Å². The number of aryl methyl sites for hydroxylation is 1. The monoisotopic (exact) mass is 260 g/mol. The van der Waals surface area contributed by atoms with Crippen molar-refractivity contribution < 1.29 is 5.11 Å². The van der Waals surface area contributed by atoms with Crippen LogP contribution in [0.5, 0.6) is 0 Å². The van der Waals surface area contributed by atoms with Crippen molar-refractivity contribution >= 4 is 33.4 Å². The predicted octanol–water partition coefficient (Wildman–Crippen LogP) is 3.00. The molecule has 4 heteroatoms. The van der Waals surface area contributed by atoms with Gasteiger partial charge in [-0.25, -0.2) is 4.98 Å². The lowest BCUT2D eigenvalue weighted by atomic mass is 10.1. The molecule has 0 amide bonds. The van der Waals surface area contributed by atoms with E-state index in [1.165, 1.54) is 0 Å². The molecule has 0 aliphatic carbocycles. The van der Waals surface area contributed by atoms with E-state index < -0.39 is 6.10 Å². The highest BCUT2D eigenvalue weighted by molar-refractivity contribution is 6.18. The molecule has 1 aromatic heterocycles. The molecular formula is C14H13ClN2O. The first-order chi connectivity index (χ1) is 8.72. The van der Waals surface area contributed by atoms with Gasteiger partial charge in [0.05, 0.1) is 16.9 Å². The lowest BCUT2D eigenvalue weighted by molar-refractivity contribution is 0.189. The summed E-state index contributed by atoms with van der Waals surface area (Å²) in [6, 6.07) is 12.2. The van der Waals surface area contributed by atoms with Crippen LogP contribution in [-0.4, -0.2) is 20.5 Å². The van der Waals surface area contributed by atoms with Gasteiger partial charge in [0, 0.05) is 12.4 Å². The first kappa shape index (κ1) is 11.5. The van der Waals surface area contributed by atoms with Crippen molar-refractivity contribution in [3.05, 3.63) is 42.2 Å². The SMILES string of the molecule is Cn1c([C@H](O)CCl)nc2c3ccccc3ccc21. The second-order valence-electron chi connectivity index (χ2n) is 4.35. The molecule has 0 fully saturated rings. The Morgan fingerprint density at radius 1 is 1.28 bits per heavy atom. The van der Waals surface area contributed by atoms with Gasteiger partial charge < -0.3 is 9.67 Å². The second-order valence-corrected chi connectivity index (χ2v) is 4.66. The number of aliphatic hydroxyl groups is 1. The van der Waals surface area contributed by atoms with Crippen molar-refractivity contribution in [2.75, 3.05) is 5.88 Å². The highest BCUT2D eigenvalue weighted by atomic mass is 35.5. The van der Waals surface area contributed by atoms with Gasteiger partial charge in [0.2, 0.25) is 0 Å². The average Bonchev–Trinajstić information content (AvgIpc) is 2.76. The van der Waals surface area contributed by atoms with Crippen LogP contribution in [0, 0.1) is 0 Å². The van der Waals surface area contributed by atoms with E-state index in [1.807, 2.05) is 35.9 Å². The number of hydrogen-bond acceptors (Lipinski definition) is 2. The largest absolute Gasteiger partial charge is 0.384 e. The number of benzene rings is 2. The van der Waals surface area contributed by atoms with Gasteiger partial charge in [0.25, 0.3) is 0 Å². The minimum atomic E-state index is -0.733. The van der Waals surface area contributed by atoms with Crippen LogP contribution in [0.4, 0.5) is 0 Å². The zero-order valence-electron chi connectivity index (χ0n) is 9.97. The van der Waals surface area contributed by atoms with Crippen molar-refractivity contribution in [3.63, 3.8) is 0 Å². The number of halogens is 1. The van der Waals surface area contributed by atoms with Crippen molar-refractivity contribution in [3.8, 4) is 0 Å². The first-order valence-corrected chi connectivity index (χ1v) is 6.34. The lowest BCUT2D eigenvalue weighted by Crippen LogP contribution is -2.06. The minimum absolute atomic E-state index is 0.148. The predicted molar refractivity (Wildman–Crippen MR) is 73.9 cm³/mol. The summed E-state index contributed by atoms with van der Waals surface area (Å²) in [5, 5.41) is 12.1. The van der Waals surface area contributed by atoms with Crippen LogP contribution in [0.2, 0.25) is 0 Å². The van der Waals surface area contributed by atoms with Gasteiger partial charge in [-0.15, -0.1) is 11.6 Å². The summed E-state index contributed by atoms with van der Waals surface area (Å²) in [6.07, 6.45) is -0.733. The third-order valence-electron chi connectivity index (χ3n) is 3.25. The fraction of sp³-hybridized carbons (Fsp3) is 0.214. The Bertz CT molecular complexity index is 720. The van der Waals surface area contributed by atoms with E-state index in [-0.39, 0.29) is 5.88 Å². The van der Waals surface area contributed by atoms with Crippen LogP contribution in [0.3, 0.4) is 0 Å². The summed E-state index contributed by atoms with van der Waals surface area (Å²) in [4.78, 5) is 4.54. The summed E-state index contributed by atoms with van der Waals surface area (Å²) >= 11 is 5.70. The molecule has 0 spiro atoms. The molecule has 1 N–H and O–H groups in total. The fourth-order valence-electron chi connectivity index (χ4n) is 2.31. The summed E-state index contributed by atoms with van der Waals surface area (Å²) in [6.45, 7) is 0. The van der Waals surface area contributed by atoms with Gasteiger partial charge in [-0.1, -0.05) is 30.3 Å². The smallest absolute Gasteiger partial charge is 0.139 e. The van der Waals surface area contributed by atoms with Gasteiger partial charge in [-0.3, -0.25) is 0 Å². The molecule has 0 bridgehead atoms. The van der Waals surface area contributed by atoms with Crippen molar-refractivity contribution in [1.29, 1.82) is 0 Å². The summed E-state index contributed by atoms with van der Waals surface area (Å²) in [5.74, 6) is 0.756. The van der Waals surface area contributed by atoms with Crippen LogP contribution in [0.25, 0.3) is 21.8 Å². The van der Waals surface area contributed by atoms with E-state index >= 15 is 0 Å². The number of hydrogen-bond donors (Lipinski definition) is 1. The minimum Gasteiger partial charge on any atom is -0.384 e. The number of aliphatic hydroxyl groups excluding tert-OH is 1. The topological polar surface area (TPSA) is 38.0 Å². The maximum Gasteiger partial charge on any atom is 0.139 e. The standard InChI is InChI=1S/C14H13ClN2O/c1-17-11-7-6-9-4-2-3-5-10(9)13(11)16-14(17)12(18)8-15/h2-7,12,18H,8H2,1H3/t12-/m1/s1. The molecule has 1 atom stereocenters. The molecule has 0 radical (unpaired) electrons. The Morgan fingerprint density at radius 3 is 2.83 bits per heavy atom. The summed E-state index contributed by atoms with van der Waals surface area (Å²) < 4.78 is 1.90. The number of rotatable bonds is 2. The van der Waals surface area contributed by atoms with E-state index in [0.29, 0.717) is 5.82 Å². The maximum absolute atomic E-state index is 9.87.